The third kappa shape index (κ3) is 4.14. The lowest BCUT2D eigenvalue weighted by atomic mass is 10.3. The van der Waals surface area contributed by atoms with Crippen molar-refractivity contribution in [2.75, 3.05) is 33.3 Å². The molecule has 1 fully saturated rings. The summed E-state index contributed by atoms with van der Waals surface area (Å²) in [6, 6.07) is 6.22. The zero-order valence-electron chi connectivity index (χ0n) is 13.7. The van der Waals surface area contributed by atoms with Crippen LogP contribution < -0.4 is 10.1 Å². The highest BCUT2D eigenvalue weighted by Crippen LogP contribution is 2.20. The van der Waals surface area contributed by atoms with E-state index in [1.54, 1.807) is 17.0 Å². The van der Waals surface area contributed by atoms with Gasteiger partial charge in [-0.3, -0.25) is 0 Å². The first-order valence-corrected chi connectivity index (χ1v) is 8.98. The number of benzene rings is 1. The summed E-state index contributed by atoms with van der Waals surface area (Å²) in [5.41, 5.74) is 0. The Labute approximate surface area is 137 Å². The van der Waals surface area contributed by atoms with Crippen LogP contribution in [0.3, 0.4) is 0 Å². The molecule has 2 amide bonds. The maximum Gasteiger partial charge on any atom is 0.317 e. The smallest absolute Gasteiger partial charge is 0.317 e. The lowest BCUT2D eigenvalue weighted by Crippen LogP contribution is -2.53. The van der Waals surface area contributed by atoms with Crippen molar-refractivity contribution in [1.82, 2.24) is 14.5 Å². The van der Waals surface area contributed by atoms with E-state index in [9.17, 15) is 13.2 Å². The van der Waals surface area contributed by atoms with Gasteiger partial charge >= 0.3 is 6.03 Å². The molecule has 1 aliphatic heterocycles. The number of amides is 2. The van der Waals surface area contributed by atoms with Crippen molar-refractivity contribution in [2.45, 2.75) is 24.8 Å². The van der Waals surface area contributed by atoms with E-state index in [-0.39, 0.29) is 17.0 Å². The van der Waals surface area contributed by atoms with Crippen molar-refractivity contribution in [3.05, 3.63) is 24.3 Å². The molecule has 1 aromatic carbocycles. The Morgan fingerprint density at radius 2 is 1.70 bits per heavy atom. The van der Waals surface area contributed by atoms with Gasteiger partial charge in [0.05, 0.1) is 12.0 Å². The highest BCUT2D eigenvalue weighted by atomic mass is 32.2. The third-order valence-electron chi connectivity index (χ3n) is 3.64. The Balaban J connectivity index is 2.01. The zero-order valence-corrected chi connectivity index (χ0v) is 14.5. The van der Waals surface area contributed by atoms with Crippen LogP contribution in [0.1, 0.15) is 13.8 Å². The van der Waals surface area contributed by atoms with Gasteiger partial charge in [0, 0.05) is 32.2 Å². The fraction of sp³-hybridized carbons (Fsp3) is 0.533. The molecular weight excluding hydrogens is 318 g/mol. The van der Waals surface area contributed by atoms with Gasteiger partial charge in [0.15, 0.2) is 0 Å². The minimum absolute atomic E-state index is 0.0589. The minimum atomic E-state index is -3.54. The number of nitrogens with one attached hydrogen (secondary N) is 1. The first kappa shape index (κ1) is 17.6. The number of hydrogen-bond donors (Lipinski definition) is 1. The second-order valence-corrected chi connectivity index (χ2v) is 7.61. The number of piperazine rings is 1. The van der Waals surface area contributed by atoms with Crippen LogP contribution in [0.2, 0.25) is 0 Å². The number of hydrogen-bond acceptors (Lipinski definition) is 4. The molecule has 8 heteroatoms. The number of carbonyl (C=O) groups is 1. The largest absolute Gasteiger partial charge is 0.497 e. The lowest BCUT2D eigenvalue weighted by molar-refractivity contribution is 0.170. The molecule has 0 unspecified atom stereocenters. The molecule has 1 saturated heterocycles. The number of rotatable bonds is 4. The van der Waals surface area contributed by atoms with Gasteiger partial charge in [0.2, 0.25) is 10.0 Å². The van der Waals surface area contributed by atoms with Crippen molar-refractivity contribution in [3.63, 3.8) is 0 Å². The van der Waals surface area contributed by atoms with E-state index < -0.39 is 10.0 Å². The quantitative estimate of drug-likeness (QED) is 0.890. The van der Waals surface area contributed by atoms with E-state index in [4.69, 9.17) is 4.74 Å². The molecule has 0 spiro atoms. The van der Waals surface area contributed by atoms with Crippen molar-refractivity contribution < 1.29 is 17.9 Å². The van der Waals surface area contributed by atoms with Crippen molar-refractivity contribution in [2.24, 2.45) is 0 Å². The Bertz CT molecular complexity index is 635. The third-order valence-corrected chi connectivity index (χ3v) is 5.55. The van der Waals surface area contributed by atoms with Crippen LogP contribution in [0.4, 0.5) is 4.79 Å². The summed E-state index contributed by atoms with van der Waals surface area (Å²) in [4.78, 5) is 13.8. The molecule has 1 N–H and O–H groups in total. The number of nitrogens with zero attached hydrogens (tertiary/aromatic N) is 2. The summed E-state index contributed by atoms with van der Waals surface area (Å²) >= 11 is 0. The molecule has 2 rings (SSSR count). The summed E-state index contributed by atoms with van der Waals surface area (Å²) in [6.45, 7) is 5.13. The van der Waals surface area contributed by atoms with Gasteiger partial charge in [0.25, 0.3) is 0 Å². The summed E-state index contributed by atoms with van der Waals surface area (Å²) < 4.78 is 31.7. The molecule has 0 atom stereocenters. The van der Waals surface area contributed by atoms with Crippen molar-refractivity contribution in [1.29, 1.82) is 0 Å². The van der Waals surface area contributed by atoms with Gasteiger partial charge in [-0.05, 0) is 38.1 Å². The van der Waals surface area contributed by atoms with Crippen LogP contribution in [0.15, 0.2) is 29.2 Å². The molecule has 0 bridgehead atoms. The maximum atomic E-state index is 12.6. The molecule has 128 valence electrons. The summed E-state index contributed by atoms with van der Waals surface area (Å²) in [5, 5.41) is 2.82. The minimum Gasteiger partial charge on any atom is -0.497 e. The molecule has 0 radical (unpaired) electrons. The Kier molecular flexibility index (Phi) is 5.48. The standard InChI is InChI=1S/C15H23N3O4S/c1-12(2)16-15(19)17-8-10-18(11-9-17)23(20,21)14-6-4-13(22-3)5-7-14/h4-7,12H,8-11H2,1-3H3,(H,16,19). The highest BCUT2D eigenvalue weighted by molar-refractivity contribution is 7.89. The fourth-order valence-electron chi connectivity index (χ4n) is 2.37. The summed E-state index contributed by atoms with van der Waals surface area (Å²) in [7, 11) is -2.01. The van der Waals surface area contributed by atoms with Crippen LogP contribution in [-0.2, 0) is 10.0 Å². The molecule has 1 aromatic rings. The van der Waals surface area contributed by atoms with E-state index in [1.165, 1.54) is 23.5 Å². The number of methoxy groups -OCH3 is 1. The second-order valence-electron chi connectivity index (χ2n) is 5.67. The maximum absolute atomic E-state index is 12.6. The molecular formula is C15H23N3O4S. The topological polar surface area (TPSA) is 79.0 Å². The van der Waals surface area contributed by atoms with Crippen molar-refractivity contribution >= 4 is 16.1 Å². The SMILES string of the molecule is COc1ccc(S(=O)(=O)N2CCN(C(=O)NC(C)C)CC2)cc1. The molecule has 23 heavy (non-hydrogen) atoms. The predicted octanol–water partition coefficient (Wildman–Crippen LogP) is 1.12. The van der Waals surface area contributed by atoms with Crippen LogP contribution in [-0.4, -0.2) is 63.0 Å². The van der Waals surface area contributed by atoms with Crippen LogP contribution >= 0.6 is 0 Å². The predicted molar refractivity (Wildman–Crippen MR) is 87.0 cm³/mol. The van der Waals surface area contributed by atoms with Crippen LogP contribution in [0.5, 0.6) is 5.75 Å². The second kappa shape index (κ2) is 7.18. The average Bonchev–Trinajstić information content (AvgIpc) is 2.54. The lowest BCUT2D eigenvalue weighted by Gasteiger charge is -2.34. The number of carbonyl (C=O) groups excluding carboxylic acids is 1. The van der Waals surface area contributed by atoms with E-state index in [1.807, 2.05) is 13.8 Å². The Morgan fingerprint density at radius 1 is 1.13 bits per heavy atom. The number of ether oxygens (including phenoxy) is 1. The van der Waals surface area contributed by atoms with Crippen LogP contribution in [0.25, 0.3) is 0 Å². The first-order chi connectivity index (χ1) is 10.8. The molecule has 7 nitrogen and oxygen atoms in total. The Hall–Kier alpha value is -1.80. The highest BCUT2D eigenvalue weighted by Gasteiger charge is 2.30. The van der Waals surface area contributed by atoms with Gasteiger partial charge in [-0.25, -0.2) is 13.2 Å². The van der Waals surface area contributed by atoms with Gasteiger partial charge < -0.3 is 15.0 Å². The molecule has 1 aliphatic rings. The zero-order chi connectivity index (χ0) is 17.0. The summed E-state index contributed by atoms with van der Waals surface area (Å²) in [6.07, 6.45) is 0. The molecule has 1 heterocycles. The number of urea groups is 1. The molecule has 0 saturated carbocycles. The van der Waals surface area contributed by atoms with Gasteiger partial charge in [-0.15, -0.1) is 0 Å². The fourth-order valence-corrected chi connectivity index (χ4v) is 3.79. The van der Waals surface area contributed by atoms with Gasteiger partial charge in [-0.2, -0.15) is 4.31 Å². The normalized spacial score (nSPS) is 16.4. The van der Waals surface area contributed by atoms with Gasteiger partial charge in [-0.1, -0.05) is 0 Å². The molecule has 0 aromatic heterocycles. The average molecular weight is 341 g/mol. The monoisotopic (exact) mass is 341 g/mol. The first-order valence-electron chi connectivity index (χ1n) is 7.54. The van der Waals surface area contributed by atoms with E-state index in [0.717, 1.165) is 0 Å². The Morgan fingerprint density at radius 3 is 2.17 bits per heavy atom. The van der Waals surface area contributed by atoms with E-state index in [2.05, 4.69) is 5.32 Å². The van der Waals surface area contributed by atoms with Gasteiger partial charge in [0.1, 0.15) is 5.75 Å². The number of sulfonamides is 1. The van der Waals surface area contributed by atoms with Crippen LogP contribution in [0, 0.1) is 0 Å². The van der Waals surface area contributed by atoms with E-state index in [0.29, 0.717) is 31.9 Å². The van der Waals surface area contributed by atoms with E-state index >= 15 is 0 Å². The van der Waals surface area contributed by atoms with Crippen molar-refractivity contribution in [3.8, 4) is 5.75 Å². The molecule has 0 aliphatic carbocycles. The summed E-state index contributed by atoms with van der Waals surface area (Å²) in [5.74, 6) is 0.610.